The second kappa shape index (κ2) is 13.5. The molecule has 6 heteroatoms. The van der Waals surface area contributed by atoms with Gasteiger partial charge in [-0.25, -0.2) is 0 Å². The number of rotatable bonds is 11. The van der Waals surface area contributed by atoms with Gasteiger partial charge in [0.05, 0.1) is 13.5 Å². The first-order chi connectivity index (χ1) is 18.5. The van der Waals surface area contributed by atoms with Crippen molar-refractivity contribution in [1.82, 2.24) is 10.2 Å². The predicted molar refractivity (Wildman–Crippen MR) is 151 cm³/mol. The lowest BCUT2D eigenvalue weighted by molar-refractivity contribution is -0.140. The second-order valence-electron chi connectivity index (χ2n) is 9.05. The zero-order valence-electron chi connectivity index (χ0n) is 21.3. The summed E-state index contributed by atoms with van der Waals surface area (Å²) < 4.78 is 5.29. The smallest absolute Gasteiger partial charge is 0.243 e. The lowest BCUT2D eigenvalue weighted by Crippen LogP contribution is -2.50. The van der Waals surface area contributed by atoms with Crippen molar-refractivity contribution in [3.05, 3.63) is 136 Å². The maximum absolute atomic E-state index is 13.8. The van der Waals surface area contributed by atoms with E-state index >= 15 is 0 Å². The molecule has 1 N–H and O–H groups in total. The molecule has 0 radical (unpaired) electrons. The van der Waals surface area contributed by atoms with E-state index in [0.717, 1.165) is 28.0 Å². The number of halogens is 1. The monoisotopic (exact) mass is 526 g/mol. The van der Waals surface area contributed by atoms with E-state index in [1.54, 1.807) is 18.1 Å². The zero-order chi connectivity index (χ0) is 26.7. The molecule has 4 aromatic rings. The lowest BCUT2D eigenvalue weighted by atomic mass is 10.0. The van der Waals surface area contributed by atoms with E-state index in [0.29, 0.717) is 11.4 Å². The van der Waals surface area contributed by atoms with Crippen molar-refractivity contribution in [2.75, 3.05) is 7.11 Å². The maximum Gasteiger partial charge on any atom is 0.243 e. The van der Waals surface area contributed by atoms with E-state index in [4.69, 9.17) is 16.3 Å². The van der Waals surface area contributed by atoms with Crippen LogP contribution < -0.4 is 10.1 Å². The molecule has 0 saturated heterocycles. The van der Waals surface area contributed by atoms with Gasteiger partial charge in [0, 0.05) is 24.5 Å². The van der Waals surface area contributed by atoms with Gasteiger partial charge in [0.15, 0.2) is 0 Å². The number of benzene rings is 4. The van der Waals surface area contributed by atoms with E-state index in [2.05, 4.69) is 5.32 Å². The Bertz CT molecular complexity index is 1330. The molecule has 0 fully saturated rings. The third-order valence-corrected chi connectivity index (χ3v) is 6.76. The molecular weight excluding hydrogens is 496 g/mol. The molecule has 2 amide bonds. The molecule has 0 spiro atoms. The zero-order valence-corrected chi connectivity index (χ0v) is 22.1. The maximum atomic E-state index is 13.8. The molecule has 0 bridgehead atoms. The van der Waals surface area contributed by atoms with E-state index in [9.17, 15) is 9.59 Å². The summed E-state index contributed by atoms with van der Waals surface area (Å²) in [6, 6.07) is 33.6. The Labute approximate surface area is 229 Å². The summed E-state index contributed by atoms with van der Waals surface area (Å²) in [6.07, 6.45) is 0.575. The second-order valence-corrected chi connectivity index (χ2v) is 9.45. The van der Waals surface area contributed by atoms with E-state index in [1.165, 1.54) is 0 Å². The van der Waals surface area contributed by atoms with Crippen LogP contribution in [0.5, 0.6) is 5.75 Å². The van der Waals surface area contributed by atoms with E-state index in [1.807, 2.05) is 103 Å². The van der Waals surface area contributed by atoms with Crippen LogP contribution in [0.15, 0.2) is 109 Å². The number of hydrogen-bond acceptors (Lipinski definition) is 3. The number of hydrogen-bond donors (Lipinski definition) is 1. The van der Waals surface area contributed by atoms with E-state index in [-0.39, 0.29) is 31.3 Å². The fourth-order valence-electron chi connectivity index (χ4n) is 4.30. The Morgan fingerprint density at radius 2 is 1.39 bits per heavy atom. The molecule has 0 aliphatic rings. The molecular formula is C32H31ClN2O3. The molecule has 194 valence electrons. The van der Waals surface area contributed by atoms with Crippen molar-refractivity contribution in [3.8, 4) is 5.75 Å². The average Bonchev–Trinajstić information content (AvgIpc) is 2.95. The molecule has 1 atom stereocenters. The van der Waals surface area contributed by atoms with Crippen LogP contribution in [0.25, 0.3) is 0 Å². The highest BCUT2D eigenvalue weighted by Gasteiger charge is 2.30. The van der Waals surface area contributed by atoms with Gasteiger partial charge in [-0.3, -0.25) is 9.59 Å². The Morgan fingerprint density at radius 3 is 2.03 bits per heavy atom. The summed E-state index contributed by atoms with van der Waals surface area (Å²) in [4.78, 5) is 29.2. The minimum absolute atomic E-state index is 0.124. The number of methoxy groups -OCH3 is 1. The fraction of sp³-hybridized carbons (Fsp3) is 0.188. The van der Waals surface area contributed by atoms with Crippen molar-refractivity contribution >= 4 is 23.4 Å². The largest absolute Gasteiger partial charge is 0.497 e. The van der Waals surface area contributed by atoms with Crippen LogP contribution in [0.3, 0.4) is 0 Å². The standard InChI is InChI=1S/C32H31ClN2O3/c1-38-28-18-16-26(17-19-28)23-35(31(36)21-25-12-6-3-7-13-25)30(20-24-10-4-2-5-11-24)32(37)34-22-27-14-8-9-15-29(27)33/h2-19,30H,20-23H2,1H3,(H,34,37)/t30-/m0/s1. The number of nitrogens with zero attached hydrogens (tertiary/aromatic N) is 1. The first-order valence-electron chi connectivity index (χ1n) is 12.5. The highest BCUT2D eigenvalue weighted by Crippen LogP contribution is 2.20. The van der Waals surface area contributed by atoms with Crippen LogP contribution in [-0.4, -0.2) is 29.9 Å². The minimum Gasteiger partial charge on any atom is -0.497 e. The molecule has 38 heavy (non-hydrogen) atoms. The third-order valence-electron chi connectivity index (χ3n) is 6.39. The number of amides is 2. The molecule has 4 rings (SSSR count). The SMILES string of the molecule is COc1ccc(CN(C(=O)Cc2ccccc2)[C@@H](Cc2ccccc2)C(=O)NCc2ccccc2Cl)cc1. The summed E-state index contributed by atoms with van der Waals surface area (Å²) in [5, 5.41) is 3.61. The average molecular weight is 527 g/mol. The summed E-state index contributed by atoms with van der Waals surface area (Å²) in [5.41, 5.74) is 3.59. The summed E-state index contributed by atoms with van der Waals surface area (Å²) in [6.45, 7) is 0.555. The van der Waals surface area contributed by atoms with Gasteiger partial charge in [-0.2, -0.15) is 0 Å². The first-order valence-corrected chi connectivity index (χ1v) is 12.9. The topological polar surface area (TPSA) is 58.6 Å². The van der Waals surface area contributed by atoms with Gasteiger partial charge in [0.1, 0.15) is 11.8 Å². The Balaban J connectivity index is 1.65. The van der Waals surface area contributed by atoms with Crippen molar-refractivity contribution in [3.63, 3.8) is 0 Å². The summed E-state index contributed by atoms with van der Waals surface area (Å²) in [5.74, 6) is 0.374. The van der Waals surface area contributed by atoms with Gasteiger partial charge in [0.25, 0.3) is 0 Å². The Kier molecular flexibility index (Phi) is 9.54. The van der Waals surface area contributed by atoms with Crippen LogP contribution in [0.2, 0.25) is 5.02 Å². The molecule has 5 nitrogen and oxygen atoms in total. The van der Waals surface area contributed by atoms with Gasteiger partial charge >= 0.3 is 0 Å². The molecule has 0 unspecified atom stereocenters. The predicted octanol–water partition coefficient (Wildman–Crippen LogP) is 5.85. The number of carbonyl (C=O) groups excluding carboxylic acids is 2. The summed E-state index contributed by atoms with van der Waals surface area (Å²) in [7, 11) is 1.61. The van der Waals surface area contributed by atoms with Crippen LogP contribution >= 0.6 is 11.6 Å². The molecule has 0 heterocycles. The van der Waals surface area contributed by atoms with Crippen LogP contribution in [-0.2, 0) is 35.5 Å². The van der Waals surface area contributed by atoms with Crippen LogP contribution in [0.4, 0.5) is 0 Å². The Morgan fingerprint density at radius 1 is 0.789 bits per heavy atom. The number of ether oxygens (including phenoxy) is 1. The van der Waals surface area contributed by atoms with E-state index < -0.39 is 6.04 Å². The molecule has 4 aromatic carbocycles. The summed E-state index contributed by atoms with van der Waals surface area (Å²) >= 11 is 6.33. The molecule has 0 saturated carbocycles. The van der Waals surface area contributed by atoms with Crippen LogP contribution in [0, 0.1) is 0 Å². The molecule has 0 aliphatic heterocycles. The highest BCUT2D eigenvalue weighted by atomic mass is 35.5. The fourth-order valence-corrected chi connectivity index (χ4v) is 4.50. The minimum atomic E-state index is -0.724. The molecule has 0 aromatic heterocycles. The van der Waals surface area contributed by atoms with Crippen molar-refractivity contribution in [2.24, 2.45) is 0 Å². The van der Waals surface area contributed by atoms with Crippen molar-refractivity contribution < 1.29 is 14.3 Å². The molecule has 0 aliphatic carbocycles. The highest BCUT2D eigenvalue weighted by molar-refractivity contribution is 6.31. The van der Waals surface area contributed by atoms with Gasteiger partial charge < -0.3 is 15.0 Å². The first kappa shape index (κ1) is 27.0. The van der Waals surface area contributed by atoms with Gasteiger partial charge in [-0.1, -0.05) is 103 Å². The van der Waals surface area contributed by atoms with Gasteiger partial charge in [-0.05, 0) is 40.5 Å². The number of carbonyl (C=O) groups is 2. The quantitative estimate of drug-likeness (QED) is 0.267. The van der Waals surface area contributed by atoms with Crippen molar-refractivity contribution in [2.45, 2.75) is 32.0 Å². The lowest BCUT2D eigenvalue weighted by Gasteiger charge is -2.32. The third kappa shape index (κ3) is 7.46. The normalized spacial score (nSPS) is 11.4. The Hall–Kier alpha value is -4.09. The van der Waals surface area contributed by atoms with Gasteiger partial charge in [-0.15, -0.1) is 0 Å². The van der Waals surface area contributed by atoms with Crippen molar-refractivity contribution in [1.29, 1.82) is 0 Å². The van der Waals surface area contributed by atoms with Gasteiger partial charge in [0.2, 0.25) is 11.8 Å². The number of nitrogens with one attached hydrogen (secondary N) is 1. The van der Waals surface area contributed by atoms with Crippen LogP contribution in [0.1, 0.15) is 22.3 Å².